The number of allylic oxidation sites excluding steroid dienone is 1. The van der Waals surface area contributed by atoms with Gasteiger partial charge in [0.05, 0.1) is 5.75 Å². The zero-order valence-corrected chi connectivity index (χ0v) is 12.9. The topological polar surface area (TPSA) is 76.3 Å². The summed E-state index contributed by atoms with van der Waals surface area (Å²) in [5.74, 6) is 2.00. The molecule has 1 aliphatic carbocycles. The molecule has 2 aliphatic rings. The van der Waals surface area contributed by atoms with Crippen molar-refractivity contribution in [2.75, 3.05) is 18.8 Å². The maximum atomic E-state index is 12.3. The van der Waals surface area contributed by atoms with Gasteiger partial charge in [0, 0.05) is 24.9 Å². The standard InChI is InChI=1S/C14H21N3O3S/c1-2-3-9-21(18,19)17-8-4-5-12(10-17)13-15-14(20-16-13)11-6-7-11/h2,11-12H,1,3-10H2/t12-/m0/s1. The van der Waals surface area contributed by atoms with Gasteiger partial charge in [0.25, 0.3) is 0 Å². The summed E-state index contributed by atoms with van der Waals surface area (Å²) in [6.45, 7) is 4.63. The quantitative estimate of drug-likeness (QED) is 0.751. The Morgan fingerprint density at radius 3 is 2.86 bits per heavy atom. The second-order valence-corrected chi connectivity index (χ2v) is 7.94. The lowest BCUT2D eigenvalue weighted by molar-refractivity contribution is 0.300. The average Bonchev–Trinajstić information content (AvgIpc) is 3.23. The third kappa shape index (κ3) is 3.35. The van der Waals surface area contributed by atoms with Gasteiger partial charge in [-0.2, -0.15) is 4.98 Å². The third-order valence-corrected chi connectivity index (χ3v) is 5.98. The molecule has 0 radical (unpaired) electrons. The van der Waals surface area contributed by atoms with Crippen molar-refractivity contribution < 1.29 is 12.9 Å². The molecule has 0 bridgehead atoms. The van der Waals surface area contributed by atoms with Crippen LogP contribution >= 0.6 is 0 Å². The van der Waals surface area contributed by atoms with Gasteiger partial charge >= 0.3 is 0 Å². The molecule has 1 aliphatic heterocycles. The van der Waals surface area contributed by atoms with Crippen LogP contribution in [0.5, 0.6) is 0 Å². The Labute approximate surface area is 125 Å². The van der Waals surface area contributed by atoms with Gasteiger partial charge < -0.3 is 4.52 Å². The first-order valence-corrected chi connectivity index (χ1v) is 9.13. The molecule has 1 aromatic heterocycles. The number of piperidine rings is 1. The monoisotopic (exact) mass is 311 g/mol. The Kier molecular flexibility index (Phi) is 4.12. The highest BCUT2D eigenvalue weighted by Gasteiger charge is 2.34. The molecule has 1 saturated heterocycles. The Balaban J connectivity index is 1.68. The molecule has 2 fully saturated rings. The Morgan fingerprint density at radius 2 is 2.14 bits per heavy atom. The van der Waals surface area contributed by atoms with Crippen LogP contribution in [-0.4, -0.2) is 41.7 Å². The number of aromatic nitrogens is 2. The number of rotatable bonds is 6. The number of sulfonamides is 1. The second kappa shape index (κ2) is 5.88. The van der Waals surface area contributed by atoms with Crippen molar-refractivity contribution in [3.8, 4) is 0 Å². The van der Waals surface area contributed by atoms with Crippen molar-refractivity contribution in [3.63, 3.8) is 0 Å². The molecule has 1 aromatic rings. The van der Waals surface area contributed by atoms with Crippen molar-refractivity contribution in [2.24, 2.45) is 0 Å². The molecule has 0 N–H and O–H groups in total. The largest absolute Gasteiger partial charge is 0.339 e. The van der Waals surface area contributed by atoms with Crippen LogP contribution in [0.15, 0.2) is 17.2 Å². The summed E-state index contributed by atoms with van der Waals surface area (Å²) in [6, 6.07) is 0. The van der Waals surface area contributed by atoms with Gasteiger partial charge in [0.1, 0.15) is 0 Å². The minimum Gasteiger partial charge on any atom is -0.339 e. The van der Waals surface area contributed by atoms with Crippen molar-refractivity contribution >= 4 is 10.0 Å². The van der Waals surface area contributed by atoms with Crippen LogP contribution in [0.2, 0.25) is 0 Å². The van der Waals surface area contributed by atoms with Gasteiger partial charge in [0.15, 0.2) is 5.82 Å². The number of hydrogen-bond donors (Lipinski definition) is 0. The van der Waals surface area contributed by atoms with Crippen LogP contribution in [0, 0.1) is 0 Å². The lowest BCUT2D eigenvalue weighted by atomic mass is 9.99. The van der Waals surface area contributed by atoms with Crippen molar-refractivity contribution in [3.05, 3.63) is 24.4 Å². The minimum absolute atomic E-state index is 0.0495. The molecular weight excluding hydrogens is 290 g/mol. The van der Waals surface area contributed by atoms with E-state index in [2.05, 4.69) is 16.7 Å². The van der Waals surface area contributed by atoms with Crippen LogP contribution in [0.4, 0.5) is 0 Å². The summed E-state index contributed by atoms with van der Waals surface area (Å²) in [7, 11) is -3.21. The van der Waals surface area contributed by atoms with E-state index in [1.165, 1.54) is 0 Å². The van der Waals surface area contributed by atoms with E-state index in [4.69, 9.17) is 4.52 Å². The maximum absolute atomic E-state index is 12.3. The summed E-state index contributed by atoms with van der Waals surface area (Å²) in [4.78, 5) is 4.46. The zero-order valence-electron chi connectivity index (χ0n) is 12.1. The van der Waals surface area contributed by atoms with Crippen molar-refractivity contribution in [2.45, 2.75) is 43.9 Å². The average molecular weight is 311 g/mol. The van der Waals surface area contributed by atoms with E-state index in [0.29, 0.717) is 31.3 Å². The van der Waals surface area contributed by atoms with Gasteiger partial charge in [-0.05, 0) is 32.1 Å². The van der Waals surface area contributed by atoms with Crippen LogP contribution in [0.1, 0.15) is 55.7 Å². The van der Waals surface area contributed by atoms with Crippen molar-refractivity contribution in [1.82, 2.24) is 14.4 Å². The molecule has 21 heavy (non-hydrogen) atoms. The maximum Gasteiger partial charge on any atom is 0.229 e. The van der Waals surface area contributed by atoms with Gasteiger partial charge in [-0.3, -0.25) is 0 Å². The number of nitrogens with zero attached hydrogens (tertiary/aromatic N) is 3. The first kappa shape index (κ1) is 14.7. The molecule has 6 nitrogen and oxygen atoms in total. The predicted octanol–water partition coefficient (Wildman–Crippen LogP) is 2.03. The minimum atomic E-state index is -3.21. The Bertz CT molecular complexity index is 607. The molecule has 7 heteroatoms. The lowest BCUT2D eigenvalue weighted by Crippen LogP contribution is -2.40. The van der Waals surface area contributed by atoms with E-state index in [1.54, 1.807) is 10.4 Å². The fourth-order valence-electron chi connectivity index (χ4n) is 2.68. The van der Waals surface area contributed by atoms with Gasteiger partial charge in [-0.15, -0.1) is 6.58 Å². The highest BCUT2D eigenvalue weighted by Crippen LogP contribution is 2.39. The predicted molar refractivity (Wildman–Crippen MR) is 78.4 cm³/mol. The number of hydrogen-bond acceptors (Lipinski definition) is 5. The van der Waals surface area contributed by atoms with Crippen LogP contribution in [0.3, 0.4) is 0 Å². The smallest absolute Gasteiger partial charge is 0.229 e. The van der Waals surface area contributed by atoms with E-state index < -0.39 is 10.0 Å². The fraction of sp³-hybridized carbons (Fsp3) is 0.714. The molecule has 2 heterocycles. The SMILES string of the molecule is C=CCCS(=O)(=O)N1CCC[C@H](c2noc(C3CC3)n2)C1. The third-order valence-electron chi connectivity index (χ3n) is 4.11. The molecule has 0 aromatic carbocycles. The summed E-state index contributed by atoms with van der Waals surface area (Å²) >= 11 is 0. The first-order chi connectivity index (χ1) is 10.1. The summed E-state index contributed by atoms with van der Waals surface area (Å²) in [6.07, 6.45) is 6.11. The van der Waals surface area contributed by atoms with Gasteiger partial charge in [0.2, 0.25) is 15.9 Å². The molecule has 116 valence electrons. The summed E-state index contributed by atoms with van der Waals surface area (Å²) in [5.41, 5.74) is 0. The zero-order chi connectivity index (χ0) is 14.9. The Hall–Kier alpha value is -1.21. The summed E-state index contributed by atoms with van der Waals surface area (Å²) < 4.78 is 31.4. The molecule has 0 spiro atoms. The van der Waals surface area contributed by atoms with Gasteiger partial charge in [-0.1, -0.05) is 11.2 Å². The van der Waals surface area contributed by atoms with Crippen LogP contribution < -0.4 is 0 Å². The molecule has 0 amide bonds. The van der Waals surface area contributed by atoms with Crippen molar-refractivity contribution in [1.29, 1.82) is 0 Å². The van der Waals surface area contributed by atoms with E-state index >= 15 is 0 Å². The van der Waals surface area contributed by atoms with Crippen LogP contribution in [-0.2, 0) is 10.0 Å². The molecule has 1 saturated carbocycles. The molecule has 0 unspecified atom stereocenters. The molecular formula is C14H21N3O3S. The fourth-order valence-corrected chi connectivity index (χ4v) is 4.21. The highest BCUT2D eigenvalue weighted by atomic mass is 32.2. The van der Waals surface area contributed by atoms with Crippen LogP contribution in [0.25, 0.3) is 0 Å². The Morgan fingerprint density at radius 1 is 1.33 bits per heavy atom. The van der Waals surface area contributed by atoms with E-state index in [9.17, 15) is 8.42 Å². The molecule has 3 rings (SSSR count). The normalized spacial score (nSPS) is 24.1. The summed E-state index contributed by atoms with van der Waals surface area (Å²) in [5, 5.41) is 4.06. The second-order valence-electron chi connectivity index (χ2n) is 5.86. The van der Waals surface area contributed by atoms with E-state index in [1.807, 2.05) is 0 Å². The highest BCUT2D eigenvalue weighted by molar-refractivity contribution is 7.89. The van der Waals surface area contributed by atoms with E-state index in [0.717, 1.165) is 31.6 Å². The first-order valence-electron chi connectivity index (χ1n) is 7.52. The van der Waals surface area contributed by atoms with E-state index in [-0.39, 0.29) is 11.7 Å². The lowest BCUT2D eigenvalue weighted by Gasteiger charge is -2.30. The van der Waals surface area contributed by atoms with Gasteiger partial charge in [-0.25, -0.2) is 12.7 Å². The molecule has 1 atom stereocenters.